The molecule has 2 aromatic carbocycles. The third-order valence-corrected chi connectivity index (χ3v) is 6.94. The van der Waals surface area contributed by atoms with Crippen molar-refractivity contribution >= 4 is 11.6 Å². The maximum atomic E-state index is 13.4. The van der Waals surface area contributed by atoms with Gasteiger partial charge in [0, 0.05) is 36.3 Å². The molecule has 1 amide bonds. The quantitative estimate of drug-likeness (QED) is 0.355. The van der Waals surface area contributed by atoms with Gasteiger partial charge in [0.25, 0.3) is 5.91 Å². The number of aromatic nitrogens is 3. The Bertz CT molecular complexity index is 1330. The number of ether oxygens (including phenoxy) is 1. The fourth-order valence-electron chi connectivity index (χ4n) is 4.88. The number of rotatable bonds is 8. The molecular formula is C29H33N5O2. The first-order chi connectivity index (χ1) is 17.6. The minimum Gasteiger partial charge on any atom is -0.497 e. The first-order valence-electron chi connectivity index (χ1n) is 12.8. The zero-order valence-electron chi connectivity index (χ0n) is 21.0. The van der Waals surface area contributed by atoms with Gasteiger partial charge in [-0.05, 0) is 50.9 Å². The molecule has 4 aromatic rings. The molecule has 1 fully saturated rings. The van der Waals surface area contributed by atoms with Gasteiger partial charge in [-0.2, -0.15) is 5.10 Å². The van der Waals surface area contributed by atoms with Crippen molar-refractivity contribution in [2.24, 2.45) is 0 Å². The van der Waals surface area contributed by atoms with Crippen molar-refractivity contribution in [3.8, 4) is 28.3 Å². The van der Waals surface area contributed by atoms with Crippen LogP contribution in [0.2, 0.25) is 0 Å². The van der Waals surface area contributed by atoms with Gasteiger partial charge in [0.15, 0.2) is 5.65 Å². The highest BCUT2D eigenvalue weighted by molar-refractivity contribution is 5.94. The van der Waals surface area contributed by atoms with Crippen LogP contribution in [-0.2, 0) is 0 Å². The van der Waals surface area contributed by atoms with E-state index in [1.807, 2.05) is 66.7 Å². The topological polar surface area (TPSA) is 71.8 Å². The molecule has 2 aromatic heterocycles. The molecule has 1 aliphatic heterocycles. The lowest BCUT2D eigenvalue weighted by Gasteiger charge is -2.33. The number of hydrogen-bond donors (Lipinski definition) is 1. The Morgan fingerprint density at radius 1 is 1.03 bits per heavy atom. The van der Waals surface area contributed by atoms with Crippen LogP contribution in [0, 0.1) is 0 Å². The second-order valence-corrected chi connectivity index (χ2v) is 9.41. The number of fused-ring (bicyclic) bond motifs is 1. The van der Waals surface area contributed by atoms with E-state index in [1.165, 1.54) is 19.3 Å². The first kappa shape index (κ1) is 24.0. The lowest BCUT2D eigenvalue weighted by atomic mass is 10.0. The Morgan fingerprint density at radius 2 is 1.86 bits per heavy atom. The number of benzene rings is 2. The molecule has 186 valence electrons. The van der Waals surface area contributed by atoms with Gasteiger partial charge in [-0.15, -0.1) is 0 Å². The minimum absolute atomic E-state index is 0.152. The molecular weight excluding hydrogens is 450 g/mol. The number of amides is 1. The van der Waals surface area contributed by atoms with E-state index in [2.05, 4.69) is 17.1 Å². The first-order valence-corrected chi connectivity index (χ1v) is 12.8. The van der Waals surface area contributed by atoms with E-state index < -0.39 is 0 Å². The molecule has 3 heterocycles. The number of nitrogens with one attached hydrogen (secondary N) is 1. The SMILES string of the molecule is COc1cccc(-c2cc(C(=O)NCCCN3CCCCC3C)n3nc(-c4ccccc4)cc3n2)c1. The molecule has 0 spiro atoms. The summed E-state index contributed by atoms with van der Waals surface area (Å²) in [7, 11) is 1.64. The highest BCUT2D eigenvalue weighted by atomic mass is 16.5. The van der Waals surface area contributed by atoms with Gasteiger partial charge < -0.3 is 15.0 Å². The van der Waals surface area contributed by atoms with E-state index in [0.29, 0.717) is 29.6 Å². The van der Waals surface area contributed by atoms with Gasteiger partial charge in [0.1, 0.15) is 11.4 Å². The van der Waals surface area contributed by atoms with Crippen molar-refractivity contribution in [3.05, 3.63) is 72.4 Å². The predicted molar refractivity (Wildman–Crippen MR) is 142 cm³/mol. The van der Waals surface area contributed by atoms with Crippen LogP contribution in [0.15, 0.2) is 66.7 Å². The van der Waals surface area contributed by atoms with Gasteiger partial charge in [-0.1, -0.05) is 48.9 Å². The summed E-state index contributed by atoms with van der Waals surface area (Å²) in [5.74, 6) is 0.589. The lowest BCUT2D eigenvalue weighted by Crippen LogP contribution is -2.39. The van der Waals surface area contributed by atoms with E-state index in [-0.39, 0.29) is 5.91 Å². The van der Waals surface area contributed by atoms with E-state index in [0.717, 1.165) is 42.1 Å². The molecule has 1 N–H and O–H groups in total. The molecule has 1 aliphatic rings. The molecule has 0 saturated carbocycles. The van der Waals surface area contributed by atoms with Gasteiger partial charge in [0.05, 0.1) is 18.5 Å². The monoisotopic (exact) mass is 483 g/mol. The van der Waals surface area contributed by atoms with Crippen LogP contribution in [0.4, 0.5) is 0 Å². The molecule has 1 unspecified atom stereocenters. The summed E-state index contributed by atoms with van der Waals surface area (Å²) >= 11 is 0. The summed E-state index contributed by atoms with van der Waals surface area (Å²) in [6.45, 7) is 5.07. The zero-order valence-corrected chi connectivity index (χ0v) is 21.0. The summed E-state index contributed by atoms with van der Waals surface area (Å²) in [6, 6.07) is 22.0. The number of hydrogen-bond acceptors (Lipinski definition) is 5. The average molecular weight is 484 g/mol. The van der Waals surface area contributed by atoms with Crippen molar-refractivity contribution in [1.29, 1.82) is 0 Å². The fraction of sp³-hybridized carbons (Fsp3) is 0.345. The maximum absolute atomic E-state index is 13.4. The summed E-state index contributed by atoms with van der Waals surface area (Å²) in [4.78, 5) is 20.8. The Kier molecular flexibility index (Phi) is 7.28. The number of carbonyl (C=O) groups is 1. The van der Waals surface area contributed by atoms with Crippen LogP contribution in [0.5, 0.6) is 5.75 Å². The molecule has 5 rings (SSSR count). The average Bonchev–Trinajstić information content (AvgIpc) is 3.36. The van der Waals surface area contributed by atoms with E-state index in [9.17, 15) is 4.79 Å². The summed E-state index contributed by atoms with van der Waals surface area (Å²) < 4.78 is 7.04. The second-order valence-electron chi connectivity index (χ2n) is 9.41. The molecule has 0 radical (unpaired) electrons. The largest absolute Gasteiger partial charge is 0.497 e. The van der Waals surface area contributed by atoms with E-state index >= 15 is 0 Å². The third kappa shape index (κ3) is 5.26. The summed E-state index contributed by atoms with van der Waals surface area (Å²) in [6.07, 6.45) is 4.76. The third-order valence-electron chi connectivity index (χ3n) is 6.94. The van der Waals surface area contributed by atoms with Crippen molar-refractivity contribution in [3.63, 3.8) is 0 Å². The van der Waals surface area contributed by atoms with Crippen LogP contribution in [0.3, 0.4) is 0 Å². The molecule has 36 heavy (non-hydrogen) atoms. The zero-order chi connectivity index (χ0) is 24.9. The van der Waals surface area contributed by atoms with Crippen LogP contribution >= 0.6 is 0 Å². The lowest BCUT2D eigenvalue weighted by molar-refractivity contribution is 0.0941. The molecule has 7 nitrogen and oxygen atoms in total. The maximum Gasteiger partial charge on any atom is 0.270 e. The Morgan fingerprint density at radius 3 is 2.67 bits per heavy atom. The number of methoxy groups -OCH3 is 1. The van der Waals surface area contributed by atoms with Gasteiger partial charge in [-0.3, -0.25) is 4.79 Å². The smallest absolute Gasteiger partial charge is 0.270 e. The van der Waals surface area contributed by atoms with Crippen LogP contribution < -0.4 is 10.1 Å². The number of likely N-dealkylation sites (tertiary alicyclic amines) is 1. The molecule has 0 aliphatic carbocycles. The van der Waals surface area contributed by atoms with Gasteiger partial charge >= 0.3 is 0 Å². The molecule has 1 atom stereocenters. The van der Waals surface area contributed by atoms with E-state index in [1.54, 1.807) is 11.6 Å². The van der Waals surface area contributed by atoms with Crippen molar-refractivity contribution in [2.45, 2.75) is 38.6 Å². The van der Waals surface area contributed by atoms with Crippen molar-refractivity contribution in [2.75, 3.05) is 26.7 Å². The fourth-order valence-corrected chi connectivity index (χ4v) is 4.88. The highest BCUT2D eigenvalue weighted by Crippen LogP contribution is 2.26. The second kappa shape index (κ2) is 10.9. The molecule has 0 bridgehead atoms. The number of piperidine rings is 1. The van der Waals surface area contributed by atoms with Crippen molar-refractivity contribution < 1.29 is 9.53 Å². The summed E-state index contributed by atoms with van der Waals surface area (Å²) in [5.41, 5.74) is 4.43. The van der Waals surface area contributed by atoms with Gasteiger partial charge in [-0.25, -0.2) is 9.50 Å². The number of nitrogens with zero attached hydrogens (tertiary/aromatic N) is 4. The van der Waals surface area contributed by atoms with E-state index in [4.69, 9.17) is 14.8 Å². The highest BCUT2D eigenvalue weighted by Gasteiger charge is 2.19. The molecule has 1 saturated heterocycles. The summed E-state index contributed by atoms with van der Waals surface area (Å²) in [5, 5.41) is 7.86. The number of carbonyl (C=O) groups excluding carboxylic acids is 1. The van der Waals surface area contributed by atoms with Crippen LogP contribution in [0.1, 0.15) is 43.1 Å². The van der Waals surface area contributed by atoms with Crippen LogP contribution in [0.25, 0.3) is 28.2 Å². The standard InChI is InChI=1S/C29H33N5O2/c1-21-10-6-7-16-33(21)17-9-15-30-29(35)27-19-25(23-13-8-14-24(18-23)36-2)31-28-20-26(32-34(27)28)22-11-4-3-5-12-22/h3-5,8,11-14,18-21H,6-7,9-10,15-17H2,1-2H3,(H,30,35). The normalized spacial score (nSPS) is 16.2. The minimum atomic E-state index is -0.152. The molecule has 7 heteroatoms. The Labute approximate surface area is 212 Å². The predicted octanol–water partition coefficient (Wildman–Crippen LogP) is 5.07. The van der Waals surface area contributed by atoms with Crippen LogP contribution in [-0.4, -0.2) is 58.2 Å². The Balaban J connectivity index is 1.42. The Hall–Kier alpha value is -3.71. The van der Waals surface area contributed by atoms with Gasteiger partial charge in [0.2, 0.25) is 0 Å². The van der Waals surface area contributed by atoms with Crippen molar-refractivity contribution in [1.82, 2.24) is 24.8 Å².